The van der Waals surface area contributed by atoms with Crippen LogP contribution in [0.25, 0.3) is 0 Å². The summed E-state index contributed by atoms with van der Waals surface area (Å²) in [7, 11) is 3.22. The molecule has 0 aliphatic rings. The Morgan fingerprint density at radius 3 is 2.57 bits per heavy atom. The van der Waals surface area contributed by atoms with Crippen LogP contribution in [0, 0.1) is 11.3 Å². The Hall–Kier alpha value is -0.590. The molecule has 0 heterocycles. The molecule has 0 aromatic carbocycles. The Labute approximate surface area is 43.1 Å². The van der Waals surface area contributed by atoms with Gasteiger partial charge in [0.2, 0.25) is 0 Å². The lowest BCUT2D eigenvalue weighted by molar-refractivity contribution is -0.0978. The van der Waals surface area contributed by atoms with Crippen LogP contribution < -0.4 is 0 Å². The summed E-state index contributed by atoms with van der Waals surface area (Å²) in [5.41, 5.74) is 0. The summed E-state index contributed by atoms with van der Waals surface area (Å²) in [6.07, 6.45) is 0. The van der Waals surface area contributed by atoms with Gasteiger partial charge in [-0.2, -0.15) is 10.3 Å². The van der Waals surface area contributed by atoms with E-state index in [1.807, 2.05) is 6.07 Å². The lowest BCUT2D eigenvalue weighted by Crippen LogP contribution is -2.15. The highest BCUT2D eigenvalue weighted by Gasteiger charge is 1.87. The molecule has 0 aromatic rings. The van der Waals surface area contributed by atoms with Crippen molar-refractivity contribution >= 4 is 0 Å². The van der Waals surface area contributed by atoms with Crippen LogP contribution in [0.15, 0.2) is 0 Å². The minimum Gasteiger partial charge on any atom is -0.302 e. The predicted octanol–water partition coefficient (Wildman–Crippen LogP) is 0.00318. The van der Waals surface area contributed by atoms with Gasteiger partial charge >= 0.3 is 0 Å². The van der Waals surface area contributed by atoms with Gasteiger partial charge in [-0.25, -0.2) is 0 Å². The van der Waals surface area contributed by atoms with Crippen molar-refractivity contribution in [2.45, 2.75) is 0 Å². The quantitative estimate of drug-likeness (QED) is 0.362. The highest BCUT2D eigenvalue weighted by molar-refractivity contribution is 4.69. The van der Waals surface area contributed by atoms with Gasteiger partial charge in [0.05, 0.1) is 13.2 Å². The molecule has 3 nitrogen and oxygen atoms in total. The summed E-state index contributed by atoms with van der Waals surface area (Å²) in [4.78, 5) is 4.60. The zero-order chi connectivity index (χ0) is 5.70. The maximum absolute atomic E-state index is 8.00. The number of hydroxylamine groups is 2. The molecular formula is C4H8N2O. The van der Waals surface area contributed by atoms with E-state index >= 15 is 0 Å². The van der Waals surface area contributed by atoms with E-state index in [1.54, 1.807) is 7.05 Å². The van der Waals surface area contributed by atoms with E-state index in [9.17, 15) is 0 Å². The van der Waals surface area contributed by atoms with Crippen molar-refractivity contribution in [1.82, 2.24) is 5.06 Å². The Balaban J connectivity index is 3.03. The predicted molar refractivity (Wildman–Crippen MR) is 25.3 cm³/mol. The van der Waals surface area contributed by atoms with Crippen LogP contribution >= 0.6 is 0 Å². The van der Waals surface area contributed by atoms with E-state index < -0.39 is 0 Å². The summed E-state index contributed by atoms with van der Waals surface area (Å²) < 4.78 is 0. The minimum atomic E-state index is 0.316. The number of hydrogen-bond acceptors (Lipinski definition) is 3. The van der Waals surface area contributed by atoms with Crippen molar-refractivity contribution in [3.8, 4) is 6.07 Å². The minimum absolute atomic E-state index is 0.316. The SMILES string of the molecule is CON(C)CC#N. The van der Waals surface area contributed by atoms with E-state index in [-0.39, 0.29) is 0 Å². The van der Waals surface area contributed by atoms with E-state index in [0.29, 0.717) is 6.54 Å². The van der Waals surface area contributed by atoms with Crippen molar-refractivity contribution in [2.24, 2.45) is 0 Å². The fourth-order valence-corrected chi connectivity index (χ4v) is 0.164. The molecule has 0 rings (SSSR count). The third kappa shape index (κ3) is 3.23. The monoisotopic (exact) mass is 100 g/mol. The molecule has 0 saturated heterocycles. The lowest BCUT2D eigenvalue weighted by atomic mass is 10.7. The molecule has 40 valence electrons. The average molecular weight is 100 g/mol. The largest absolute Gasteiger partial charge is 0.302 e. The van der Waals surface area contributed by atoms with Crippen LogP contribution in [-0.2, 0) is 4.84 Å². The van der Waals surface area contributed by atoms with Crippen LogP contribution in [0.1, 0.15) is 0 Å². The number of nitriles is 1. The van der Waals surface area contributed by atoms with Crippen molar-refractivity contribution in [1.29, 1.82) is 5.26 Å². The van der Waals surface area contributed by atoms with Gasteiger partial charge in [-0.15, -0.1) is 0 Å². The highest BCUT2D eigenvalue weighted by Crippen LogP contribution is 1.74. The fourth-order valence-electron chi connectivity index (χ4n) is 0.164. The van der Waals surface area contributed by atoms with Crippen LogP contribution in [0.4, 0.5) is 0 Å². The molecule has 0 radical (unpaired) electrons. The Morgan fingerprint density at radius 1 is 1.86 bits per heavy atom. The van der Waals surface area contributed by atoms with Gasteiger partial charge in [0.15, 0.2) is 0 Å². The van der Waals surface area contributed by atoms with E-state index in [1.165, 1.54) is 12.2 Å². The van der Waals surface area contributed by atoms with Crippen LogP contribution in [0.3, 0.4) is 0 Å². The molecule has 0 unspecified atom stereocenters. The van der Waals surface area contributed by atoms with Crippen molar-refractivity contribution in [3.63, 3.8) is 0 Å². The highest BCUT2D eigenvalue weighted by atomic mass is 16.7. The average Bonchev–Trinajstić information content (AvgIpc) is 1.68. The summed E-state index contributed by atoms with van der Waals surface area (Å²) in [6, 6.07) is 1.92. The maximum atomic E-state index is 8.00. The van der Waals surface area contributed by atoms with Gasteiger partial charge in [-0.3, -0.25) is 0 Å². The first kappa shape index (κ1) is 6.41. The molecule has 0 amide bonds. The van der Waals surface area contributed by atoms with E-state index in [2.05, 4.69) is 4.84 Å². The molecule has 0 spiro atoms. The zero-order valence-corrected chi connectivity index (χ0v) is 4.51. The first-order chi connectivity index (χ1) is 3.31. The van der Waals surface area contributed by atoms with Gasteiger partial charge in [0, 0.05) is 7.05 Å². The summed E-state index contributed by atoms with van der Waals surface area (Å²) >= 11 is 0. The third-order valence-corrected chi connectivity index (χ3v) is 0.605. The van der Waals surface area contributed by atoms with Crippen LogP contribution in [0.2, 0.25) is 0 Å². The lowest BCUT2D eigenvalue weighted by Gasteiger charge is -2.05. The number of rotatable bonds is 2. The summed E-state index contributed by atoms with van der Waals surface area (Å²) in [5, 5.41) is 9.44. The van der Waals surface area contributed by atoms with Crippen LogP contribution in [0.5, 0.6) is 0 Å². The summed E-state index contributed by atoms with van der Waals surface area (Å²) in [5.74, 6) is 0. The molecule has 7 heavy (non-hydrogen) atoms. The van der Waals surface area contributed by atoms with Crippen molar-refractivity contribution in [2.75, 3.05) is 20.7 Å². The fraction of sp³-hybridized carbons (Fsp3) is 0.750. The summed E-state index contributed by atoms with van der Waals surface area (Å²) in [6.45, 7) is 0.316. The molecule has 0 atom stereocenters. The molecule has 3 heteroatoms. The molecular weight excluding hydrogens is 92.1 g/mol. The first-order valence-electron chi connectivity index (χ1n) is 1.93. The second-order valence-electron chi connectivity index (χ2n) is 1.13. The third-order valence-electron chi connectivity index (χ3n) is 0.605. The van der Waals surface area contributed by atoms with E-state index in [4.69, 9.17) is 5.26 Å². The van der Waals surface area contributed by atoms with Gasteiger partial charge < -0.3 is 4.84 Å². The van der Waals surface area contributed by atoms with Gasteiger partial charge in [0.1, 0.15) is 6.54 Å². The van der Waals surface area contributed by atoms with Crippen molar-refractivity contribution in [3.05, 3.63) is 0 Å². The Kier molecular flexibility index (Phi) is 3.29. The van der Waals surface area contributed by atoms with Gasteiger partial charge in [-0.05, 0) is 0 Å². The number of nitrogens with zero attached hydrogens (tertiary/aromatic N) is 2. The second-order valence-corrected chi connectivity index (χ2v) is 1.13. The Bertz CT molecular complexity index is 76.2. The molecule has 0 N–H and O–H groups in total. The molecule has 0 saturated carbocycles. The molecule has 0 aliphatic carbocycles. The van der Waals surface area contributed by atoms with E-state index in [0.717, 1.165) is 0 Å². The zero-order valence-electron chi connectivity index (χ0n) is 4.51. The molecule has 0 aromatic heterocycles. The number of hydrogen-bond donors (Lipinski definition) is 0. The van der Waals surface area contributed by atoms with Crippen molar-refractivity contribution < 1.29 is 4.84 Å². The molecule has 0 bridgehead atoms. The first-order valence-corrected chi connectivity index (χ1v) is 1.93. The Morgan fingerprint density at radius 2 is 2.43 bits per heavy atom. The second kappa shape index (κ2) is 3.59. The standard InChI is InChI=1S/C4H8N2O/c1-6(7-2)4-3-5/h4H2,1-2H3. The van der Waals surface area contributed by atoms with Crippen LogP contribution in [-0.4, -0.2) is 25.8 Å². The topological polar surface area (TPSA) is 36.3 Å². The van der Waals surface area contributed by atoms with Gasteiger partial charge in [-0.1, -0.05) is 0 Å². The maximum Gasteiger partial charge on any atom is 0.111 e. The smallest absolute Gasteiger partial charge is 0.111 e. The molecule has 0 fully saturated rings. The van der Waals surface area contributed by atoms with Gasteiger partial charge in [0.25, 0.3) is 0 Å². The normalized spacial score (nSPS) is 8.86. The molecule has 0 aliphatic heterocycles.